The Kier molecular flexibility index (Phi) is 4.46. The van der Waals surface area contributed by atoms with Crippen molar-refractivity contribution in [3.05, 3.63) is 28.8 Å². The van der Waals surface area contributed by atoms with E-state index in [4.69, 9.17) is 4.74 Å². The molecule has 8 heteroatoms. The van der Waals surface area contributed by atoms with E-state index in [1.165, 1.54) is 6.92 Å². The summed E-state index contributed by atoms with van der Waals surface area (Å²) in [4.78, 5) is 34.5. The molecule has 0 saturated carbocycles. The van der Waals surface area contributed by atoms with Gasteiger partial charge in [-0.25, -0.2) is 14.8 Å². The van der Waals surface area contributed by atoms with Crippen molar-refractivity contribution in [2.24, 2.45) is 0 Å². The summed E-state index contributed by atoms with van der Waals surface area (Å²) < 4.78 is 4.89. The van der Waals surface area contributed by atoms with E-state index in [1.807, 2.05) is 0 Å². The molecule has 7 nitrogen and oxygen atoms in total. The van der Waals surface area contributed by atoms with Crippen LogP contribution in [0, 0.1) is 0 Å². The Morgan fingerprint density at radius 1 is 1.50 bits per heavy atom. The Morgan fingerprint density at radius 3 is 2.90 bits per heavy atom. The lowest BCUT2D eigenvalue weighted by molar-refractivity contribution is 0.0517. The van der Waals surface area contributed by atoms with Crippen molar-refractivity contribution in [2.75, 3.05) is 11.9 Å². The normalized spacial score (nSPS) is 10.3. The van der Waals surface area contributed by atoms with Crippen LogP contribution in [0.1, 0.15) is 39.7 Å². The number of rotatable bonds is 6. The number of carbonyl (C=O) groups excluding carboxylic acids is 2. The smallest absolute Gasteiger partial charge is 0.358 e. The third kappa shape index (κ3) is 3.21. The summed E-state index contributed by atoms with van der Waals surface area (Å²) in [5, 5.41) is 3.53. The fourth-order valence-electron chi connectivity index (χ4n) is 1.52. The van der Waals surface area contributed by atoms with Crippen molar-refractivity contribution in [2.45, 2.75) is 20.4 Å². The molecule has 0 aliphatic carbocycles. The second-order valence-electron chi connectivity index (χ2n) is 3.90. The molecular weight excluding hydrogens is 280 g/mol. The van der Waals surface area contributed by atoms with Gasteiger partial charge in [0.05, 0.1) is 25.2 Å². The van der Waals surface area contributed by atoms with Crippen molar-refractivity contribution >= 4 is 28.2 Å². The molecule has 0 aromatic carbocycles. The van der Waals surface area contributed by atoms with Crippen LogP contribution in [0.2, 0.25) is 0 Å². The number of nitrogens with zero attached hydrogens (tertiary/aromatic N) is 2. The largest absolute Gasteiger partial charge is 0.461 e. The maximum absolute atomic E-state index is 11.7. The molecule has 0 bridgehead atoms. The predicted molar refractivity (Wildman–Crippen MR) is 74.0 cm³/mol. The average Bonchev–Trinajstić information content (AvgIpc) is 3.06. The molecule has 0 saturated heterocycles. The van der Waals surface area contributed by atoms with Gasteiger partial charge in [-0.05, 0) is 6.92 Å². The van der Waals surface area contributed by atoms with Gasteiger partial charge in [0, 0.05) is 13.1 Å². The molecule has 0 aliphatic rings. The van der Waals surface area contributed by atoms with E-state index in [0.717, 1.165) is 17.0 Å². The molecular formula is C12H14N4O3S. The fourth-order valence-corrected chi connectivity index (χ4v) is 2.37. The summed E-state index contributed by atoms with van der Waals surface area (Å²) >= 11 is 1.14. The molecule has 20 heavy (non-hydrogen) atoms. The van der Waals surface area contributed by atoms with Crippen LogP contribution < -0.4 is 5.32 Å². The van der Waals surface area contributed by atoms with Crippen molar-refractivity contribution in [3.8, 4) is 0 Å². The molecule has 2 aromatic heterocycles. The summed E-state index contributed by atoms with van der Waals surface area (Å²) in [5.41, 5.74) is 0.943. The van der Waals surface area contributed by atoms with Crippen LogP contribution in [0.5, 0.6) is 0 Å². The number of H-pyrrole nitrogens is 1. The first-order chi connectivity index (χ1) is 9.61. The van der Waals surface area contributed by atoms with E-state index in [2.05, 4.69) is 20.3 Å². The number of hydrogen-bond donors (Lipinski definition) is 2. The zero-order chi connectivity index (χ0) is 14.5. The zero-order valence-electron chi connectivity index (χ0n) is 11.1. The maximum Gasteiger partial charge on any atom is 0.358 e. The van der Waals surface area contributed by atoms with Gasteiger partial charge in [0.2, 0.25) is 0 Å². The Labute approximate surface area is 119 Å². The van der Waals surface area contributed by atoms with Crippen molar-refractivity contribution in [1.82, 2.24) is 15.0 Å². The second kappa shape index (κ2) is 6.29. The van der Waals surface area contributed by atoms with Gasteiger partial charge in [0.25, 0.3) is 0 Å². The van der Waals surface area contributed by atoms with Crippen LogP contribution in [0.3, 0.4) is 0 Å². The number of aromatic amines is 1. The van der Waals surface area contributed by atoms with Crippen molar-refractivity contribution < 1.29 is 14.3 Å². The fraction of sp³-hybridized carbons (Fsp3) is 0.333. The summed E-state index contributed by atoms with van der Waals surface area (Å²) in [5.74, 6) is -0.788. The number of aromatic nitrogens is 3. The van der Waals surface area contributed by atoms with E-state index in [9.17, 15) is 9.59 Å². The molecule has 2 heterocycles. The van der Waals surface area contributed by atoms with E-state index in [1.54, 1.807) is 19.4 Å². The van der Waals surface area contributed by atoms with Gasteiger partial charge in [0.1, 0.15) is 4.88 Å². The first-order valence-electron chi connectivity index (χ1n) is 6.01. The number of ketones is 1. The monoisotopic (exact) mass is 294 g/mol. The summed E-state index contributed by atoms with van der Waals surface area (Å²) in [6, 6.07) is 0. The molecule has 0 spiro atoms. The van der Waals surface area contributed by atoms with Gasteiger partial charge in [-0.15, -0.1) is 0 Å². The molecule has 0 aliphatic heterocycles. The van der Waals surface area contributed by atoms with E-state index in [-0.39, 0.29) is 18.1 Å². The van der Waals surface area contributed by atoms with E-state index >= 15 is 0 Å². The van der Waals surface area contributed by atoms with Gasteiger partial charge < -0.3 is 15.0 Å². The number of anilines is 1. The average molecular weight is 294 g/mol. The number of imidazole rings is 1. The summed E-state index contributed by atoms with van der Waals surface area (Å²) in [6.07, 6.45) is 3.25. The molecule has 0 amide bonds. The molecule has 0 unspecified atom stereocenters. The molecule has 2 N–H and O–H groups in total. The van der Waals surface area contributed by atoms with Gasteiger partial charge in [-0.2, -0.15) is 0 Å². The van der Waals surface area contributed by atoms with Crippen LogP contribution in [0.4, 0.5) is 5.13 Å². The van der Waals surface area contributed by atoms with Crippen LogP contribution >= 0.6 is 11.3 Å². The first kappa shape index (κ1) is 14.2. The molecule has 0 radical (unpaired) electrons. The number of Topliss-reactive ketones (excluding diaryl/α,β-unsaturated/α-hetero) is 1. The molecule has 2 aromatic rings. The van der Waals surface area contributed by atoms with E-state index < -0.39 is 5.97 Å². The quantitative estimate of drug-likeness (QED) is 0.623. The number of carbonyl (C=O) groups is 2. The minimum atomic E-state index is -0.580. The highest BCUT2D eigenvalue weighted by Gasteiger charge is 2.22. The van der Waals surface area contributed by atoms with Gasteiger partial charge in [0.15, 0.2) is 16.6 Å². The van der Waals surface area contributed by atoms with Crippen LogP contribution in [0.25, 0.3) is 0 Å². The van der Waals surface area contributed by atoms with Gasteiger partial charge in [-0.3, -0.25) is 4.79 Å². The lowest BCUT2D eigenvalue weighted by Crippen LogP contribution is -2.09. The third-order valence-electron chi connectivity index (χ3n) is 2.40. The standard InChI is InChI=1S/C12H14N4O3S/c1-3-19-11(18)9-10(7(2)17)20-12(16-9)14-5-8-4-13-6-15-8/h4,6H,3,5H2,1-2H3,(H,13,15)(H,14,16). The van der Waals surface area contributed by atoms with Crippen molar-refractivity contribution in [1.29, 1.82) is 0 Å². The minimum Gasteiger partial charge on any atom is -0.461 e. The number of ether oxygens (including phenoxy) is 1. The topological polar surface area (TPSA) is 97.0 Å². The Hall–Kier alpha value is -2.22. The SMILES string of the molecule is CCOC(=O)c1nc(NCc2cnc[nH]2)sc1C(C)=O. The Morgan fingerprint density at radius 2 is 2.30 bits per heavy atom. The number of hydrogen-bond acceptors (Lipinski definition) is 7. The summed E-state index contributed by atoms with van der Waals surface area (Å²) in [6.45, 7) is 3.82. The minimum absolute atomic E-state index is 0.0662. The molecule has 106 valence electrons. The van der Waals surface area contributed by atoms with E-state index in [0.29, 0.717) is 16.6 Å². The molecule has 0 fully saturated rings. The first-order valence-corrected chi connectivity index (χ1v) is 6.83. The predicted octanol–water partition coefficient (Wildman–Crippen LogP) is 1.86. The highest BCUT2D eigenvalue weighted by Crippen LogP contribution is 2.24. The van der Waals surface area contributed by atoms with Gasteiger partial charge in [-0.1, -0.05) is 11.3 Å². The van der Waals surface area contributed by atoms with Crippen LogP contribution in [-0.4, -0.2) is 33.3 Å². The third-order valence-corrected chi connectivity index (χ3v) is 3.51. The second-order valence-corrected chi connectivity index (χ2v) is 4.90. The Balaban J connectivity index is 2.16. The van der Waals surface area contributed by atoms with Crippen LogP contribution in [-0.2, 0) is 11.3 Å². The number of thiazole rings is 1. The summed E-state index contributed by atoms with van der Waals surface area (Å²) in [7, 11) is 0. The Bertz CT molecular complexity index is 606. The highest BCUT2D eigenvalue weighted by molar-refractivity contribution is 7.17. The lowest BCUT2D eigenvalue weighted by atomic mass is 10.3. The van der Waals surface area contributed by atoms with Crippen molar-refractivity contribution in [3.63, 3.8) is 0 Å². The van der Waals surface area contributed by atoms with Gasteiger partial charge >= 0.3 is 5.97 Å². The molecule has 2 rings (SSSR count). The maximum atomic E-state index is 11.7. The number of nitrogens with one attached hydrogen (secondary N) is 2. The highest BCUT2D eigenvalue weighted by atomic mass is 32.1. The zero-order valence-corrected chi connectivity index (χ0v) is 11.9. The van der Waals surface area contributed by atoms with Crippen LogP contribution in [0.15, 0.2) is 12.5 Å². The number of esters is 1. The molecule has 0 atom stereocenters. The lowest BCUT2D eigenvalue weighted by Gasteiger charge is -1.99.